The molecular weight excluding hydrogens is 254 g/mol. The third-order valence-corrected chi connectivity index (χ3v) is 3.92. The summed E-state index contributed by atoms with van der Waals surface area (Å²) in [5, 5.41) is 6.32. The molecule has 1 aliphatic carbocycles. The molecule has 2 N–H and O–H groups in total. The Labute approximate surface area is 119 Å². The summed E-state index contributed by atoms with van der Waals surface area (Å²) in [6, 6.07) is 4.72. The minimum absolute atomic E-state index is 0.0760. The standard InChI is InChI=1S/C15H21N3O2/c19-15(8-17-13-1-2-13)18-14-10-20-9-12(14)7-11-3-5-16-6-4-11/h3-6,12-14,17H,1-2,7-10H2,(H,18,19)/t12-,14+/m1/s1. The van der Waals surface area contributed by atoms with Crippen LogP contribution < -0.4 is 10.6 Å². The van der Waals surface area contributed by atoms with Gasteiger partial charge in [0.25, 0.3) is 0 Å². The van der Waals surface area contributed by atoms with Crippen LogP contribution in [0.4, 0.5) is 0 Å². The first kappa shape index (κ1) is 13.5. The van der Waals surface area contributed by atoms with Gasteiger partial charge in [0.15, 0.2) is 0 Å². The van der Waals surface area contributed by atoms with Crippen LogP contribution in [0.2, 0.25) is 0 Å². The van der Waals surface area contributed by atoms with E-state index in [1.54, 1.807) is 12.4 Å². The maximum Gasteiger partial charge on any atom is 0.234 e. The first-order valence-electron chi connectivity index (χ1n) is 7.30. The van der Waals surface area contributed by atoms with Crippen molar-refractivity contribution in [3.8, 4) is 0 Å². The number of amides is 1. The van der Waals surface area contributed by atoms with Crippen LogP contribution in [0.1, 0.15) is 18.4 Å². The molecule has 5 nitrogen and oxygen atoms in total. The molecule has 1 aromatic rings. The summed E-state index contributed by atoms with van der Waals surface area (Å²) < 4.78 is 5.53. The topological polar surface area (TPSA) is 63.2 Å². The molecule has 0 aromatic carbocycles. The number of hydrogen-bond donors (Lipinski definition) is 2. The fourth-order valence-corrected chi connectivity index (χ4v) is 2.56. The largest absolute Gasteiger partial charge is 0.379 e. The molecule has 108 valence electrons. The quantitative estimate of drug-likeness (QED) is 0.794. The number of pyridine rings is 1. The van der Waals surface area contributed by atoms with Gasteiger partial charge in [-0.1, -0.05) is 0 Å². The van der Waals surface area contributed by atoms with E-state index in [0.717, 1.165) is 6.42 Å². The number of carbonyl (C=O) groups is 1. The normalized spacial score (nSPS) is 25.6. The molecule has 1 amide bonds. The van der Waals surface area contributed by atoms with Gasteiger partial charge in [-0.3, -0.25) is 9.78 Å². The van der Waals surface area contributed by atoms with Crippen molar-refractivity contribution in [2.75, 3.05) is 19.8 Å². The average molecular weight is 275 g/mol. The minimum Gasteiger partial charge on any atom is -0.379 e. The lowest BCUT2D eigenvalue weighted by molar-refractivity contribution is -0.121. The van der Waals surface area contributed by atoms with Gasteiger partial charge in [0.1, 0.15) is 0 Å². The third kappa shape index (κ3) is 3.77. The Morgan fingerprint density at radius 2 is 2.10 bits per heavy atom. The fourth-order valence-electron chi connectivity index (χ4n) is 2.56. The zero-order chi connectivity index (χ0) is 13.8. The van der Waals surface area contributed by atoms with Crippen molar-refractivity contribution in [3.63, 3.8) is 0 Å². The minimum atomic E-state index is 0.0760. The number of rotatable bonds is 6. The van der Waals surface area contributed by atoms with E-state index in [0.29, 0.717) is 31.7 Å². The Bertz CT molecular complexity index is 448. The van der Waals surface area contributed by atoms with Gasteiger partial charge in [-0.25, -0.2) is 0 Å². The molecule has 5 heteroatoms. The third-order valence-electron chi connectivity index (χ3n) is 3.92. The Morgan fingerprint density at radius 1 is 1.30 bits per heavy atom. The van der Waals surface area contributed by atoms with Gasteiger partial charge in [0, 0.05) is 24.4 Å². The molecule has 2 fully saturated rings. The van der Waals surface area contributed by atoms with Crippen molar-refractivity contribution in [2.24, 2.45) is 5.92 Å². The summed E-state index contributed by atoms with van der Waals surface area (Å²) in [4.78, 5) is 15.9. The number of nitrogens with zero attached hydrogens (tertiary/aromatic N) is 1. The Balaban J connectivity index is 1.48. The highest BCUT2D eigenvalue weighted by Gasteiger charge is 2.30. The molecule has 3 rings (SSSR count). The number of aromatic nitrogens is 1. The highest BCUT2D eigenvalue weighted by Crippen LogP contribution is 2.19. The number of carbonyl (C=O) groups excluding carboxylic acids is 1. The fraction of sp³-hybridized carbons (Fsp3) is 0.600. The van der Waals surface area contributed by atoms with E-state index < -0.39 is 0 Å². The second kappa shape index (κ2) is 6.33. The zero-order valence-electron chi connectivity index (χ0n) is 11.5. The van der Waals surface area contributed by atoms with Gasteiger partial charge in [0.05, 0.1) is 25.8 Å². The van der Waals surface area contributed by atoms with Crippen LogP contribution in [0.3, 0.4) is 0 Å². The van der Waals surface area contributed by atoms with Gasteiger partial charge in [-0.15, -0.1) is 0 Å². The lowest BCUT2D eigenvalue weighted by Gasteiger charge is -2.19. The monoisotopic (exact) mass is 275 g/mol. The summed E-state index contributed by atoms with van der Waals surface area (Å²) >= 11 is 0. The highest BCUT2D eigenvalue weighted by atomic mass is 16.5. The first-order valence-corrected chi connectivity index (χ1v) is 7.30. The molecule has 0 bridgehead atoms. The molecule has 2 aliphatic rings. The van der Waals surface area contributed by atoms with Gasteiger partial charge in [-0.05, 0) is 37.0 Å². The van der Waals surface area contributed by atoms with Crippen molar-refractivity contribution >= 4 is 5.91 Å². The number of ether oxygens (including phenoxy) is 1. The van der Waals surface area contributed by atoms with E-state index in [1.165, 1.54) is 18.4 Å². The average Bonchev–Trinajstić information content (AvgIpc) is 3.20. The molecule has 1 saturated carbocycles. The van der Waals surface area contributed by atoms with Crippen LogP contribution in [0.25, 0.3) is 0 Å². The lowest BCUT2D eigenvalue weighted by Crippen LogP contribution is -2.44. The van der Waals surface area contributed by atoms with Crippen LogP contribution in [0, 0.1) is 5.92 Å². The van der Waals surface area contributed by atoms with Gasteiger partial charge in [0.2, 0.25) is 5.91 Å². The summed E-state index contributed by atoms with van der Waals surface area (Å²) in [5.74, 6) is 0.425. The molecule has 0 spiro atoms. The summed E-state index contributed by atoms with van der Waals surface area (Å²) in [5.41, 5.74) is 1.24. The number of hydrogen-bond acceptors (Lipinski definition) is 4. The molecule has 2 atom stereocenters. The molecule has 1 aliphatic heterocycles. The predicted molar refractivity (Wildman–Crippen MR) is 75.2 cm³/mol. The van der Waals surface area contributed by atoms with Gasteiger partial charge in [-0.2, -0.15) is 0 Å². The Hall–Kier alpha value is -1.46. The van der Waals surface area contributed by atoms with E-state index >= 15 is 0 Å². The van der Waals surface area contributed by atoms with E-state index in [4.69, 9.17) is 4.74 Å². The molecular formula is C15H21N3O2. The molecule has 0 radical (unpaired) electrons. The Kier molecular flexibility index (Phi) is 4.28. The molecule has 0 unspecified atom stereocenters. The van der Waals surface area contributed by atoms with Crippen LogP contribution >= 0.6 is 0 Å². The zero-order valence-corrected chi connectivity index (χ0v) is 11.5. The molecule has 1 aromatic heterocycles. The van der Waals surface area contributed by atoms with Crippen LogP contribution in [-0.4, -0.2) is 42.7 Å². The van der Waals surface area contributed by atoms with Crippen LogP contribution in [0.5, 0.6) is 0 Å². The van der Waals surface area contributed by atoms with Gasteiger partial charge < -0.3 is 15.4 Å². The first-order chi connectivity index (χ1) is 9.81. The smallest absolute Gasteiger partial charge is 0.234 e. The summed E-state index contributed by atoms with van der Waals surface area (Å²) in [6.45, 7) is 1.75. The van der Waals surface area contributed by atoms with E-state index in [1.807, 2.05) is 12.1 Å². The van der Waals surface area contributed by atoms with E-state index in [2.05, 4.69) is 15.6 Å². The van der Waals surface area contributed by atoms with Gasteiger partial charge >= 0.3 is 0 Å². The molecule has 2 heterocycles. The van der Waals surface area contributed by atoms with E-state index in [-0.39, 0.29) is 11.9 Å². The van der Waals surface area contributed by atoms with Crippen molar-refractivity contribution < 1.29 is 9.53 Å². The van der Waals surface area contributed by atoms with E-state index in [9.17, 15) is 4.79 Å². The molecule has 20 heavy (non-hydrogen) atoms. The van der Waals surface area contributed by atoms with Crippen LogP contribution in [-0.2, 0) is 16.0 Å². The number of nitrogens with one attached hydrogen (secondary N) is 2. The molecule has 1 saturated heterocycles. The Morgan fingerprint density at radius 3 is 2.85 bits per heavy atom. The van der Waals surface area contributed by atoms with Crippen LogP contribution in [0.15, 0.2) is 24.5 Å². The predicted octanol–water partition coefficient (Wildman–Crippen LogP) is 0.507. The second-order valence-corrected chi connectivity index (χ2v) is 5.69. The van der Waals surface area contributed by atoms with Crippen molar-refractivity contribution in [3.05, 3.63) is 30.1 Å². The van der Waals surface area contributed by atoms with Crippen molar-refractivity contribution in [2.45, 2.75) is 31.3 Å². The maximum atomic E-state index is 11.9. The summed E-state index contributed by atoms with van der Waals surface area (Å²) in [6.07, 6.45) is 6.93. The SMILES string of the molecule is O=C(CNC1CC1)N[C@H]1COC[C@H]1Cc1ccncc1. The van der Waals surface area contributed by atoms with Crippen molar-refractivity contribution in [1.82, 2.24) is 15.6 Å². The van der Waals surface area contributed by atoms with Crippen molar-refractivity contribution in [1.29, 1.82) is 0 Å². The maximum absolute atomic E-state index is 11.9. The lowest BCUT2D eigenvalue weighted by atomic mass is 9.95. The summed E-state index contributed by atoms with van der Waals surface area (Å²) in [7, 11) is 0. The second-order valence-electron chi connectivity index (χ2n) is 5.69. The highest BCUT2D eigenvalue weighted by molar-refractivity contribution is 5.78.